The average Bonchev–Trinajstić information content (AvgIpc) is 2.64. The monoisotopic (exact) mass is 311 g/mol. The third-order valence-electron chi connectivity index (χ3n) is 4.15. The van der Waals surface area contributed by atoms with Crippen LogP contribution in [-0.4, -0.2) is 44.1 Å². The van der Waals surface area contributed by atoms with Crippen molar-refractivity contribution in [1.29, 1.82) is 0 Å². The van der Waals surface area contributed by atoms with Gasteiger partial charge >= 0.3 is 0 Å². The summed E-state index contributed by atoms with van der Waals surface area (Å²) in [5, 5.41) is 0. The number of rotatable bonds is 5. The summed E-state index contributed by atoms with van der Waals surface area (Å²) in [5.41, 5.74) is 1.72. The van der Waals surface area contributed by atoms with Crippen LogP contribution in [0.5, 0.6) is 5.75 Å². The maximum Gasteiger partial charge on any atom is 0.184 e. The molecule has 1 fully saturated rings. The number of carbonyl (C=O) groups excluding carboxylic acids is 1. The zero-order valence-corrected chi connectivity index (χ0v) is 13.3. The summed E-state index contributed by atoms with van der Waals surface area (Å²) in [6.45, 7) is 2.86. The summed E-state index contributed by atoms with van der Waals surface area (Å²) >= 11 is 0. The zero-order chi connectivity index (χ0) is 16.1. The Morgan fingerprint density at radius 2 is 1.70 bits per heavy atom. The van der Waals surface area contributed by atoms with Crippen LogP contribution in [0, 0.1) is 0 Å². The van der Waals surface area contributed by atoms with Gasteiger partial charge in [0.2, 0.25) is 0 Å². The normalized spacial score (nSPS) is 16.7. The van der Waals surface area contributed by atoms with Crippen LogP contribution in [0.25, 0.3) is 0 Å². The van der Waals surface area contributed by atoms with Gasteiger partial charge in [0.05, 0.1) is 26.4 Å². The van der Waals surface area contributed by atoms with Crippen molar-refractivity contribution in [2.45, 2.75) is 6.04 Å². The molecular weight excluding hydrogens is 290 g/mol. The smallest absolute Gasteiger partial charge is 0.184 e. The van der Waals surface area contributed by atoms with Gasteiger partial charge in [-0.2, -0.15) is 0 Å². The van der Waals surface area contributed by atoms with E-state index in [0.29, 0.717) is 18.8 Å². The Morgan fingerprint density at radius 3 is 2.30 bits per heavy atom. The second-order valence-electron chi connectivity index (χ2n) is 5.55. The van der Waals surface area contributed by atoms with E-state index in [-0.39, 0.29) is 11.8 Å². The van der Waals surface area contributed by atoms with Gasteiger partial charge in [0.25, 0.3) is 0 Å². The van der Waals surface area contributed by atoms with Gasteiger partial charge in [-0.25, -0.2) is 0 Å². The topological polar surface area (TPSA) is 38.8 Å². The van der Waals surface area contributed by atoms with Crippen molar-refractivity contribution >= 4 is 5.78 Å². The fourth-order valence-corrected chi connectivity index (χ4v) is 2.91. The largest absolute Gasteiger partial charge is 0.497 e. The molecule has 0 unspecified atom stereocenters. The van der Waals surface area contributed by atoms with Crippen LogP contribution in [0.3, 0.4) is 0 Å². The van der Waals surface area contributed by atoms with E-state index in [1.54, 1.807) is 7.11 Å². The van der Waals surface area contributed by atoms with Crippen LogP contribution in [0.1, 0.15) is 22.0 Å². The van der Waals surface area contributed by atoms with Crippen molar-refractivity contribution in [2.24, 2.45) is 0 Å². The summed E-state index contributed by atoms with van der Waals surface area (Å²) < 4.78 is 10.6. The Balaban J connectivity index is 1.91. The lowest BCUT2D eigenvalue weighted by Crippen LogP contribution is -2.42. The third-order valence-corrected chi connectivity index (χ3v) is 4.15. The highest BCUT2D eigenvalue weighted by molar-refractivity contribution is 6.00. The molecule has 0 spiro atoms. The Kier molecular flexibility index (Phi) is 5.05. The second kappa shape index (κ2) is 7.40. The number of hydrogen-bond donors (Lipinski definition) is 0. The van der Waals surface area contributed by atoms with Gasteiger partial charge in [-0.05, 0) is 29.8 Å². The lowest BCUT2D eigenvalue weighted by molar-refractivity contribution is 0.0172. The molecule has 1 aliphatic rings. The quantitative estimate of drug-likeness (QED) is 0.796. The third kappa shape index (κ3) is 3.60. The molecule has 4 nitrogen and oxygen atoms in total. The predicted molar refractivity (Wildman–Crippen MR) is 88.9 cm³/mol. The van der Waals surface area contributed by atoms with E-state index in [0.717, 1.165) is 24.4 Å². The molecule has 0 N–H and O–H groups in total. The molecule has 0 aliphatic carbocycles. The lowest BCUT2D eigenvalue weighted by atomic mass is 9.95. The molecule has 4 heteroatoms. The van der Waals surface area contributed by atoms with Gasteiger partial charge in [-0.1, -0.05) is 30.3 Å². The lowest BCUT2D eigenvalue weighted by Gasteiger charge is -2.33. The summed E-state index contributed by atoms with van der Waals surface area (Å²) in [4.78, 5) is 15.3. The van der Waals surface area contributed by atoms with Gasteiger partial charge < -0.3 is 9.47 Å². The predicted octanol–water partition coefficient (Wildman–Crippen LogP) is 2.95. The molecule has 120 valence electrons. The van der Waals surface area contributed by atoms with Gasteiger partial charge in [-0.3, -0.25) is 9.69 Å². The van der Waals surface area contributed by atoms with Gasteiger partial charge in [0.15, 0.2) is 5.78 Å². The van der Waals surface area contributed by atoms with E-state index < -0.39 is 0 Å². The Bertz CT molecular complexity index is 633. The van der Waals surface area contributed by atoms with Crippen LogP contribution in [0.4, 0.5) is 0 Å². The minimum Gasteiger partial charge on any atom is -0.497 e. The number of ether oxygens (including phenoxy) is 2. The standard InChI is InChI=1S/C19H21NO3/c1-22-17-9-7-16(8-10-17)19(21)18(15-5-3-2-4-6-15)20-11-13-23-14-12-20/h2-10,18H,11-14H2,1H3/t18-/m0/s1. The molecular formula is C19H21NO3. The summed E-state index contributed by atoms with van der Waals surface area (Å²) in [7, 11) is 1.62. The minimum absolute atomic E-state index is 0.112. The molecule has 1 saturated heterocycles. The van der Waals surface area contributed by atoms with Crippen molar-refractivity contribution in [3.05, 3.63) is 65.7 Å². The first-order valence-corrected chi connectivity index (χ1v) is 7.84. The van der Waals surface area contributed by atoms with Crippen molar-refractivity contribution in [2.75, 3.05) is 33.4 Å². The Morgan fingerprint density at radius 1 is 1.04 bits per heavy atom. The van der Waals surface area contributed by atoms with Gasteiger partial charge in [0.1, 0.15) is 5.75 Å². The van der Waals surface area contributed by atoms with Gasteiger partial charge in [-0.15, -0.1) is 0 Å². The molecule has 0 saturated carbocycles. The molecule has 0 aromatic heterocycles. The number of methoxy groups -OCH3 is 1. The SMILES string of the molecule is COc1ccc(C(=O)[C@H](c2ccccc2)N2CCOCC2)cc1. The molecule has 2 aromatic carbocycles. The van der Waals surface area contributed by atoms with Crippen LogP contribution in [0.15, 0.2) is 54.6 Å². The number of benzene rings is 2. The van der Waals surface area contributed by atoms with E-state index in [4.69, 9.17) is 9.47 Å². The Hall–Kier alpha value is -2.17. The number of hydrogen-bond acceptors (Lipinski definition) is 4. The first kappa shape index (κ1) is 15.7. The fraction of sp³-hybridized carbons (Fsp3) is 0.316. The Labute approximate surface area is 136 Å². The van der Waals surface area contributed by atoms with Crippen molar-refractivity contribution in [3.63, 3.8) is 0 Å². The van der Waals surface area contributed by atoms with E-state index in [1.807, 2.05) is 54.6 Å². The summed E-state index contributed by atoms with van der Waals surface area (Å²) in [5.74, 6) is 0.866. The molecule has 1 heterocycles. The van der Waals surface area contributed by atoms with E-state index in [2.05, 4.69) is 4.90 Å². The number of morpholine rings is 1. The highest BCUT2D eigenvalue weighted by atomic mass is 16.5. The average molecular weight is 311 g/mol. The maximum atomic E-state index is 13.1. The molecule has 2 aromatic rings. The van der Waals surface area contributed by atoms with E-state index in [9.17, 15) is 4.79 Å². The molecule has 0 bridgehead atoms. The molecule has 23 heavy (non-hydrogen) atoms. The molecule has 0 amide bonds. The molecule has 0 radical (unpaired) electrons. The van der Waals surface area contributed by atoms with Gasteiger partial charge in [0, 0.05) is 18.7 Å². The first-order chi connectivity index (χ1) is 11.3. The highest BCUT2D eigenvalue weighted by Crippen LogP contribution is 2.26. The van der Waals surface area contributed by atoms with Crippen LogP contribution >= 0.6 is 0 Å². The number of ketones is 1. The summed E-state index contributed by atoms with van der Waals surface area (Å²) in [6, 6.07) is 17.0. The number of carbonyl (C=O) groups is 1. The number of nitrogens with zero attached hydrogens (tertiary/aromatic N) is 1. The van der Waals surface area contributed by atoms with Crippen molar-refractivity contribution < 1.29 is 14.3 Å². The van der Waals surface area contributed by atoms with Crippen molar-refractivity contribution in [3.8, 4) is 5.75 Å². The van der Waals surface area contributed by atoms with Crippen molar-refractivity contribution in [1.82, 2.24) is 4.90 Å². The fourth-order valence-electron chi connectivity index (χ4n) is 2.91. The summed E-state index contributed by atoms with van der Waals surface area (Å²) in [6.07, 6.45) is 0. The van der Waals surface area contributed by atoms with Crippen LogP contribution in [0.2, 0.25) is 0 Å². The molecule has 3 rings (SSSR count). The van der Waals surface area contributed by atoms with Crippen LogP contribution in [-0.2, 0) is 4.74 Å². The minimum atomic E-state index is -0.270. The first-order valence-electron chi connectivity index (χ1n) is 7.84. The van der Waals surface area contributed by atoms with E-state index in [1.165, 1.54) is 0 Å². The highest BCUT2D eigenvalue weighted by Gasteiger charge is 2.29. The maximum absolute atomic E-state index is 13.1. The second-order valence-corrected chi connectivity index (χ2v) is 5.55. The van der Waals surface area contributed by atoms with E-state index >= 15 is 0 Å². The zero-order valence-electron chi connectivity index (χ0n) is 13.3. The molecule has 1 aliphatic heterocycles. The van der Waals surface area contributed by atoms with Crippen LogP contribution < -0.4 is 4.74 Å². The molecule has 1 atom stereocenters. The number of Topliss-reactive ketones (excluding diaryl/α,β-unsaturated/α-hetero) is 1.